The predicted octanol–water partition coefficient (Wildman–Crippen LogP) is 2.17. The molecule has 68 valence electrons. The van der Waals surface area contributed by atoms with Gasteiger partial charge in [0.15, 0.2) is 0 Å². The molecule has 0 spiro atoms. The second-order valence-corrected chi connectivity index (χ2v) is 3.47. The van der Waals surface area contributed by atoms with Crippen molar-refractivity contribution in [1.29, 1.82) is 0 Å². The quantitative estimate of drug-likeness (QED) is 0.696. The Labute approximate surface area is 77.8 Å². The van der Waals surface area contributed by atoms with E-state index in [9.17, 15) is 0 Å². The van der Waals surface area contributed by atoms with Gasteiger partial charge in [0.2, 0.25) is 0 Å². The van der Waals surface area contributed by atoms with Crippen molar-refractivity contribution in [2.45, 2.75) is 19.8 Å². The van der Waals surface area contributed by atoms with E-state index in [1.165, 1.54) is 5.69 Å². The molecule has 1 N–H and O–H groups in total. The van der Waals surface area contributed by atoms with E-state index in [1.54, 1.807) is 6.34 Å². The lowest BCUT2D eigenvalue weighted by molar-refractivity contribution is 0.757. The lowest BCUT2D eigenvalue weighted by Gasteiger charge is -2.17. The average molecular weight is 175 g/mol. The molecule has 0 aromatic carbocycles. The van der Waals surface area contributed by atoms with Crippen LogP contribution in [0, 0.1) is 0 Å². The molecular formula is C10H13N3. The molecule has 0 unspecified atom stereocenters. The van der Waals surface area contributed by atoms with Crippen LogP contribution in [0.25, 0.3) is 5.70 Å². The number of hydrogen-bond acceptors (Lipinski definition) is 2. The van der Waals surface area contributed by atoms with Crippen LogP contribution in [-0.2, 0) is 0 Å². The molecule has 0 saturated carbocycles. The maximum absolute atomic E-state index is 4.09. The molecule has 0 radical (unpaired) electrons. The first-order chi connectivity index (χ1) is 6.20. The second kappa shape index (κ2) is 2.76. The fraction of sp³-hybridized carbons (Fsp3) is 0.300. The molecular weight excluding hydrogens is 162 g/mol. The largest absolute Gasteiger partial charge is 0.283 e. The molecule has 1 aliphatic rings. The SMILES string of the molecule is C=C1N=CNn2c1ccc2C(C)C. The summed E-state index contributed by atoms with van der Waals surface area (Å²) in [7, 11) is 0. The number of nitrogens with one attached hydrogen (secondary N) is 1. The Balaban J connectivity index is 2.51. The van der Waals surface area contributed by atoms with Crippen molar-refractivity contribution in [3.8, 4) is 0 Å². The van der Waals surface area contributed by atoms with E-state index in [1.807, 2.05) is 10.7 Å². The van der Waals surface area contributed by atoms with E-state index >= 15 is 0 Å². The Hall–Kier alpha value is -1.51. The highest BCUT2D eigenvalue weighted by molar-refractivity contribution is 5.79. The van der Waals surface area contributed by atoms with Gasteiger partial charge in [0.25, 0.3) is 0 Å². The van der Waals surface area contributed by atoms with Crippen molar-refractivity contribution >= 4 is 12.0 Å². The van der Waals surface area contributed by atoms with E-state index in [-0.39, 0.29) is 0 Å². The Bertz CT molecular complexity index is 372. The third-order valence-electron chi connectivity index (χ3n) is 2.21. The van der Waals surface area contributed by atoms with Crippen LogP contribution in [0.15, 0.2) is 23.7 Å². The van der Waals surface area contributed by atoms with E-state index < -0.39 is 0 Å². The molecule has 0 aliphatic carbocycles. The first-order valence-corrected chi connectivity index (χ1v) is 4.40. The summed E-state index contributed by atoms with van der Waals surface area (Å²) in [6, 6.07) is 4.15. The molecule has 0 fully saturated rings. The standard InChI is InChI=1S/C10H13N3/c1-7(2)9-4-5-10-8(3)11-6-12-13(9)10/h4-7H,3H2,1-2H3,(H,11,12). The molecule has 13 heavy (non-hydrogen) atoms. The Kier molecular flexibility index (Phi) is 1.72. The summed E-state index contributed by atoms with van der Waals surface area (Å²) in [4.78, 5) is 4.09. The van der Waals surface area contributed by atoms with Crippen LogP contribution in [0.4, 0.5) is 0 Å². The fourth-order valence-electron chi connectivity index (χ4n) is 1.50. The highest BCUT2D eigenvalue weighted by Gasteiger charge is 2.14. The van der Waals surface area contributed by atoms with Crippen LogP contribution in [-0.4, -0.2) is 11.0 Å². The van der Waals surface area contributed by atoms with E-state index in [0.717, 1.165) is 11.4 Å². The first-order valence-electron chi connectivity index (χ1n) is 4.40. The number of rotatable bonds is 1. The van der Waals surface area contributed by atoms with Gasteiger partial charge in [-0.1, -0.05) is 20.4 Å². The second-order valence-electron chi connectivity index (χ2n) is 3.47. The summed E-state index contributed by atoms with van der Waals surface area (Å²) in [5.74, 6) is 0.501. The monoisotopic (exact) mass is 175 g/mol. The van der Waals surface area contributed by atoms with Gasteiger partial charge < -0.3 is 0 Å². The van der Waals surface area contributed by atoms with Gasteiger partial charge in [-0.2, -0.15) is 0 Å². The van der Waals surface area contributed by atoms with Gasteiger partial charge >= 0.3 is 0 Å². The average Bonchev–Trinajstić information content (AvgIpc) is 2.48. The van der Waals surface area contributed by atoms with Gasteiger partial charge in [-0.25, -0.2) is 4.99 Å². The van der Waals surface area contributed by atoms with Crippen molar-refractivity contribution < 1.29 is 0 Å². The zero-order chi connectivity index (χ0) is 9.42. The minimum atomic E-state index is 0.501. The Morgan fingerprint density at radius 3 is 2.92 bits per heavy atom. The van der Waals surface area contributed by atoms with Gasteiger partial charge in [-0.3, -0.25) is 10.1 Å². The van der Waals surface area contributed by atoms with Crippen LogP contribution < -0.4 is 5.43 Å². The number of aromatic nitrogens is 1. The maximum Gasteiger partial charge on any atom is 0.108 e. The number of aliphatic imine (C=N–C) groups is 1. The van der Waals surface area contributed by atoms with Gasteiger partial charge in [-0.15, -0.1) is 0 Å². The summed E-state index contributed by atoms with van der Waals surface area (Å²) in [6.45, 7) is 8.20. The molecule has 0 atom stereocenters. The zero-order valence-corrected chi connectivity index (χ0v) is 7.91. The number of fused-ring (bicyclic) bond motifs is 1. The smallest absolute Gasteiger partial charge is 0.108 e. The van der Waals surface area contributed by atoms with Gasteiger partial charge in [0.1, 0.15) is 6.34 Å². The van der Waals surface area contributed by atoms with Gasteiger partial charge in [0.05, 0.1) is 11.4 Å². The zero-order valence-electron chi connectivity index (χ0n) is 7.91. The Morgan fingerprint density at radius 1 is 1.46 bits per heavy atom. The molecule has 3 nitrogen and oxygen atoms in total. The molecule has 1 aromatic rings. The van der Waals surface area contributed by atoms with Crippen LogP contribution >= 0.6 is 0 Å². The molecule has 0 bridgehead atoms. The molecule has 1 aliphatic heterocycles. The maximum atomic E-state index is 4.09. The third-order valence-corrected chi connectivity index (χ3v) is 2.21. The molecule has 3 heteroatoms. The third kappa shape index (κ3) is 1.16. The minimum Gasteiger partial charge on any atom is -0.283 e. The van der Waals surface area contributed by atoms with Crippen molar-refractivity contribution in [3.05, 3.63) is 30.1 Å². The normalized spacial score (nSPS) is 14.5. The summed E-state index contributed by atoms with van der Waals surface area (Å²) in [5.41, 5.74) is 6.20. The summed E-state index contributed by atoms with van der Waals surface area (Å²) < 4.78 is 2.03. The van der Waals surface area contributed by atoms with Crippen molar-refractivity contribution in [2.24, 2.45) is 4.99 Å². The molecule has 1 aromatic heterocycles. The van der Waals surface area contributed by atoms with E-state index in [4.69, 9.17) is 0 Å². The first kappa shape index (κ1) is 8.10. The van der Waals surface area contributed by atoms with Crippen molar-refractivity contribution in [2.75, 3.05) is 5.43 Å². The van der Waals surface area contributed by atoms with Gasteiger partial charge in [0, 0.05) is 5.69 Å². The van der Waals surface area contributed by atoms with Crippen LogP contribution in [0.5, 0.6) is 0 Å². The van der Waals surface area contributed by atoms with E-state index in [0.29, 0.717) is 5.92 Å². The number of hydrogen-bond donors (Lipinski definition) is 1. The molecule has 0 amide bonds. The minimum absolute atomic E-state index is 0.501. The van der Waals surface area contributed by atoms with Crippen LogP contribution in [0.2, 0.25) is 0 Å². The van der Waals surface area contributed by atoms with Crippen LogP contribution in [0.1, 0.15) is 31.2 Å². The van der Waals surface area contributed by atoms with Crippen molar-refractivity contribution in [1.82, 2.24) is 4.68 Å². The summed E-state index contributed by atoms with van der Waals surface area (Å²) >= 11 is 0. The summed E-state index contributed by atoms with van der Waals surface area (Å²) in [5, 5.41) is 0. The van der Waals surface area contributed by atoms with Crippen LogP contribution in [0.3, 0.4) is 0 Å². The van der Waals surface area contributed by atoms with Crippen molar-refractivity contribution in [3.63, 3.8) is 0 Å². The lowest BCUT2D eigenvalue weighted by Crippen LogP contribution is -2.21. The highest BCUT2D eigenvalue weighted by atomic mass is 15.4. The lowest BCUT2D eigenvalue weighted by atomic mass is 10.1. The number of nitrogens with zero attached hydrogens (tertiary/aromatic N) is 2. The van der Waals surface area contributed by atoms with Gasteiger partial charge in [-0.05, 0) is 18.1 Å². The molecule has 2 rings (SSSR count). The molecule has 2 heterocycles. The summed E-state index contributed by atoms with van der Waals surface area (Å²) in [6.07, 6.45) is 1.67. The fourth-order valence-corrected chi connectivity index (χ4v) is 1.50. The highest BCUT2D eigenvalue weighted by Crippen LogP contribution is 2.23. The van der Waals surface area contributed by atoms with E-state index in [2.05, 4.69) is 36.9 Å². The molecule has 0 saturated heterocycles. The predicted molar refractivity (Wildman–Crippen MR) is 55.4 cm³/mol. The topological polar surface area (TPSA) is 29.3 Å². The Morgan fingerprint density at radius 2 is 2.23 bits per heavy atom.